The molecule has 0 bridgehead atoms. The van der Waals surface area contributed by atoms with Gasteiger partial charge in [0, 0.05) is 27.4 Å². The zero-order valence-electron chi connectivity index (χ0n) is 11.7. The van der Waals surface area contributed by atoms with Gasteiger partial charge in [0.1, 0.15) is 0 Å². The van der Waals surface area contributed by atoms with Crippen LogP contribution in [-0.4, -0.2) is 16.5 Å². The Morgan fingerprint density at radius 3 is 2.80 bits per heavy atom. The van der Waals surface area contributed by atoms with E-state index in [1.54, 1.807) is 11.3 Å². The molecule has 2 aromatic heterocycles. The molecule has 0 amide bonds. The largest absolute Gasteiger partial charge is 0.261 e. The van der Waals surface area contributed by atoms with Gasteiger partial charge in [0.15, 0.2) is 0 Å². The van der Waals surface area contributed by atoms with Crippen molar-refractivity contribution in [1.82, 2.24) is 4.98 Å². The van der Waals surface area contributed by atoms with Gasteiger partial charge in [0.05, 0.1) is 4.34 Å². The van der Waals surface area contributed by atoms with Crippen LogP contribution < -0.4 is 0 Å². The highest BCUT2D eigenvalue weighted by molar-refractivity contribution is 7.99. The Balaban J connectivity index is 1.63. The Labute approximate surface area is 138 Å². The van der Waals surface area contributed by atoms with Gasteiger partial charge in [-0.25, -0.2) is 0 Å². The highest BCUT2D eigenvalue weighted by Crippen LogP contribution is 2.27. The number of thioether (sulfide) groups is 2. The Morgan fingerprint density at radius 1 is 1.20 bits per heavy atom. The van der Waals surface area contributed by atoms with Gasteiger partial charge in [0.25, 0.3) is 0 Å². The van der Waals surface area contributed by atoms with Gasteiger partial charge in [-0.1, -0.05) is 11.6 Å². The maximum Gasteiger partial charge on any atom is 0.0931 e. The molecule has 2 heterocycles. The summed E-state index contributed by atoms with van der Waals surface area (Å²) < 4.78 is 0.889. The van der Waals surface area contributed by atoms with E-state index < -0.39 is 0 Å². The second-order valence-corrected chi connectivity index (χ2v) is 8.52. The maximum atomic E-state index is 5.92. The summed E-state index contributed by atoms with van der Waals surface area (Å²) >= 11 is 11.5. The fourth-order valence-electron chi connectivity index (χ4n) is 1.72. The highest BCUT2D eigenvalue weighted by Gasteiger charge is 2.02. The van der Waals surface area contributed by atoms with E-state index in [0.29, 0.717) is 0 Å². The Bertz CT molecular complexity index is 554. The van der Waals surface area contributed by atoms with Crippen molar-refractivity contribution in [2.24, 2.45) is 0 Å². The first kappa shape index (κ1) is 16.2. The minimum atomic E-state index is 0.889. The van der Waals surface area contributed by atoms with Crippen LogP contribution in [0, 0.1) is 13.8 Å². The molecule has 0 aliphatic heterocycles. The lowest BCUT2D eigenvalue weighted by molar-refractivity contribution is 1.08. The predicted molar refractivity (Wildman–Crippen MR) is 94.5 cm³/mol. The number of aryl methyl sites for hydroxylation is 1. The predicted octanol–water partition coefficient (Wildman–Crippen LogP) is 5.83. The quantitative estimate of drug-likeness (QED) is 0.463. The summed E-state index contributed by atoms with van der Waals surface area (Å²) in [7, 11) is 0. The Kier molecular flexibility index (Phi) is 6.75. The van der Waals surface area contributed by atoms with Crippen LogP contribution in [-0.2, 0) is 5.75 Å². The smallest absolute Gasteiger partial charge is 0.0931 e. The molecular formula is C15H18ClNS3. The molecule has 0 aliphatic rings. The molecule has 0 fully saturated rings. The van der Waals surface area contributed by atoms with Gasteiger partial charge in [0.2, 0.25) is 0 Å². The Morgan fingerprint density at radius 2 is 2.05 bits per heavy atom. The molecule has 0 radical (unpaired) electrons. The molecule has 0 aromatic carbocycles. The van der Waals surface area contributed by atoms with E-state index >= 15 is 0 Å². The molecular weight excluding hydrogens is 326 g/mol. The van der Waals surface area contributed by atoms with Crippen LogP contribution in [0.15, 0.2) is 29.3 Å². The topological polar surface area (TPSA) is 12.9 Å². The van der Waals surface area contributed by atoms with E-state index in [0.717, 1.165) is 15.8 Å². The van der Waals surface area contributed by atoms with E-state index in [4.69, 9.17) is 11.6 Å². The summed E-state index contributed by atoms with van der Waals surface area (Å²) in [4.78, 5) is 7.04. The number of nitrogens with zero attached hydrogens (tertiary/aromatic N) is 1. The van der Waals surface area contributed by atoms with Crippen LogP contribution in [0.1, 0.15) is 22.6 Å². The van der Waals surface area contributed by atoms with Crippen molar-refractivity contribution in [3.63, 3.8) is 0 Å². The fraction of sp³-hybridized carbons (Fsp3) is 0.400. The van der Waals surface area contributed by atoms with Gasteiger partial charge in [-0.05, 0) is 55.5 Å². The van der Waals surface area contributed by atoms with E-state index in [1.165, 1.54) is 33.3 Å². The minimum absolute atomic E-state index is 0.889. The minimum Gasteiger partial charge on any atom is -0.261 e. The first-order valence-electron chi connectivity index (χ1n) is 6.54. The van der Waals surface area contributed by atoms with Crippen molar-refractivity contribution < 1.29 is 0 Å². The van der Waals surface area contributed by atoms with Crippen molar-refractivity contribution in [3.8, 4) is 0 Å². The SMILES string of the molecule is Cc1nccc(SCCCSCc2ccc(Cl)s2)c1C. The molecule has 0 saturated heterocycles. The highest BCUT2D eigenvalue weighted by atomic mass is 35.5. The van der Waals surface area contributed by atoms with Crippen LogP contribution in [0.4, 0.5) is 0 Å². The van der Waals surface area contributed by atoms with Crippen molar-refractivity contribution in [3.05, 3.63) is 44.9 Å². The molecule has 2 aromatic rings. The number of aromatic nitrogens is 1. The maximum absolute atomic E-state index is 5.92. The van der Waals surface area contributed by atoms with Crippen LogP contribution >= 0.6 is 46.5 Å². The molecule has 0 unspecified atom stereocenters. The first-order chi connectivity index (χ1) is 9.66. The first-order valence-corrected chi connectivity index (χ1v) is 9.87. The van der Waals surface area contributed by atoms with Crippen molar-refractivity contribution in [2.75, 3.05) is 11.5 Å². The summed E-state index contributed by atoms with van der Waals surface area (Å²) in [6.45, 7) is 4.22. The number of thiophene rings is 1. The Hall–Kier alpha value is -0.160. The second kappa shape index (κ2) is 8.32. The van der Waals surface area contributed by atoms with Crippen LogP contribution in [0.25, 0.3) is 0 Å². The molecule has 1 nitrogen and oxygen atoms in total. The van der Waals surface area contributed by atoms with E-state index in [1.807, 2.05) is 35.8 Å². The lowest BCUT2D eigenvalue weighted by Gasteiger charge is -2.07. The standard InChI is InChI=1S/C15H18ClNS3/c1-11-12(2)17-7-6-14(11)19-9-3-8-18-10-13-4-5-15(16)20-13/h4-7H,3,8-10H2,1-2H3. The third-order valence-corrected chi connectivity index (χ3v) is 6.72. The van der Waals surface area contributed by atoms with Crippen LogP contribution in [0.2, 0.25) is 4.34 Å². The molecule has 5 heteroatoms. The molecule has 108 valence electrons. The zero-order valence-corrected chi connectivity index (χ0v) is 14.9. The van der Waals surface area contributed by atoms with Gasteiger partial charge in [-0.15, -0.1) is 23.1 Å². The lowest BCUT2D eigenvalue weighted by atomic mass is 10.2. The molecule has 0 atom stereocenters. The normalized spacial score (nSPS) is 10.9. The summed E-state index contributed by atoms with van der Waals surface area (Å²) in [6, 6.07) is 6.22. The summed E-state index contributed by atoms with van der Waals surface area (Å²) in [5.74, 6) is 3.45. The fourth-order valence-corrected chi connectivity index (χ4v) is 5.09. The molecule has 0 N–H and O–H groups in total. The second-order valence-electron chi connectivity index (χ2n) is 4.48. The van der Waals surface area contributed by atoms with E-state index in [-0.39, 0.29) is 0 Å². The number of halogens is 1. The zero-order chi connectivity index (χ0) is 14.4. The van der Waals surface area contributed by atoms with Crippen molar-refractivity contribution >= 4 is 46.5 Å². The number of pyridine rings is 1. The molecule has 0 aliphatic carbocycles. The number of hydrogen-bond donors (Lipinski definition) is 0. The molecule has 0 saturated carbocycles. The van der Waals surface area contributed by atoms with Gasteiger partial charge >= 0.3 is 0 Å². The third kappa shape index (κ3) is 4.99. The van der Waals surface area contributed by atoms with Crippen molar-refractivity contribution in [1.29, 1.82) is 0 Å². The summed E-state index contributed by atoms with van der Waals surface area (Å²) in [5.41, 5.74) is 2.46. The summed E-state index contributed by atoms with van der Waals surface area (Å²) in [5, 5.41) is 0. The monoisotopic (exact) mass is 343 g/mol. The van der Waals surface area contributed by atoms with Gasteiger partial charge in [-0.3, -0.25) is 4.98 Å². The van der Waals surface area contributed by atoms with Crippen LogP contribution in [0.3, 0.4) is 0 Å². The number of hydrogen-bond acceptors (Lipinski definition) is 4. The van der Waals surface area contributed by atoms with Gasteiger partial charge < -0.3 is 0 Å². The molecule has 2 rings (SSSR count). The number of rotatable bonds is 7. The van der Waals surface area contributed by atoms with Gasteiger partial charge in [-0.2, -0.15) is 11.8 Å². The average Bonchev–Trinajstić information content (AvgIpc) is 2.84. The van der Waals surface area contributed by atoms with Crippen LogP contribution in [0.5, 0.6) is 0 Å². The van der Waals surface area contributed by atoms with E-state index in [2.05, 4.69) is 31.0 Å². The van der Waals surface area contributed by atoms with Crippen molar-refractivity contribution in [2.45, 2.75) is 30.9 Å². The lowest BCUT2D eigenvalue weighted by Crippen LogP contribution is -1.91. The summed E-state index contributed by atoms with van der Waals surface area (Å²) in [6.07, 6.45) is 3.13. The average molecular weight is 344 g/mol. The van der Waals surface area contributed by atoms with E-state index in [9.17, 15) is 0 Å². The molecule has 20 heavy (non-hydrogen) atoms. The molecule has 0 spiro atoms. The third-order valence-electron chi connectivity index (χ3n) is 2.97.